The summed E-state index contributed by atoms with van der Waals surface area (Å²) in [5, 5.41) is 2.96. The van der Waals surface area contributed by atoms with E-state index in [1.807, 2.05) is 74.5 Å². The molecule has 3 aromatic rings. The number of nitrogens with one attached hydrogen (secondary N) is 1. The van der Waals surface area contributed by atoms with Crippen molar-refractivity contribution in [2.24, 2.45) is 0 Å². The Morgan fingerprint density at radius 3 is 2.29 bits per heavy atom. The van der Waals surface area contributed by atoms with Crippen LogP contribution in [0, 0.1) is 13.8 Å². The van der Waals surface area contributed by atoms with Crippen molar-refractivity contribution in [3.05, 3.63) is 88.7 Å². The maximum absolute atomic E-state index is 12.8. The van der Waals surface area contributed by atoms with Crippen LogP contribution in [0.15, 0.2) is 60.7 Å². The molecule has 0 radical (unpaired) electrons. The van der Waals surface area contributed by atoms with Crippen LogP contribution in [0.3, 0.4) is 0 Å². The summed E-state index contributed by atoms with van der Waals surface area (Å²) in [5.41, 5.74) is 5.39. The monoisotopic (exact) mass is 415 g/mol. The van der Waals surface area contributed by atoms with Gasteiger partial charge in [-0.3, -0.25) is 14.5 Å². The number of carbonyl (C=O) groups is 2. The Hall–Kier alpha value is -3.18. The van der Waals surface area contributed by atoms with Crippen molar-refractivity contribution in [3.8, 4) is 5.69 Å². The van der Waals surface area contributed by atoms with Gasteiger partial charge in [0.2, 0.25) is 0 Å². The average molecular weight is 416 g/mol. The van der Waals surface area contributed by atoms with Crippen molar-refractivity contribution in [3.63, 3.8) is 0 Å². The molecule has 2 heterocycles. The van der Waals surface area contributed by atoms with E-state index in [9.17, 15) is 9.59 Å². The molecule has 1 fully saturated rings. The number of aryl methyl sites for hydroxylation is 1. The van der Waals surface area contributed by atoms with Gasteiger partial charge in [-0.05, 0) is 75.7 Å². The molecule has 0 unspecified atom stereocenters. The van der Waals surface area contributed by atoms with Gasteiger partial charge in [0.1, 0.15) is 0 Å². The number of Topliss-reactive ketones (excluding diaryl/α,β-unsaturated/α-hetero) is 1. The molecule has 4 rings (SSSR count). The first kappa shape index (κ1) is 21.1. The molecule has 5 heteroatoms. The SMILES string of the molecule is Cc1cc(C(=O)CN2CCCC2)c(C)n1-c1ccc(C(=O)NCc2ccccc2)cc1. The molecule has 1 saturated heterocycles. The Bertz CT molecular complexity index is 1060. The Kier molecular flexibility index (Phi) is 6.33. The summed E-state index contributed by atoms with van der Waals surface area (Å²) in [7, 11) is 0. The summed E-state index contributed by atoms with van der Waals surface area (Å²) in [5.74, 6) is 0.0796. The van der Waals surface area contributed by atoms with Crippen LogP contribution >= 0.6 is 0 Å². The first-order valence-electron chi connectivity index (χ1n) is 10.9. The molecule has 1 N–H and O–H groups in total. The third kappa shape index (κ3) is 4.78. The lowest BCUT2D eigenvalue weighted by molar-refractivity contribution is 0.0939. The number of ketones is 1. The zero-order valence-electron chi connectivity index (χ0n) is 18.2. The molecule has 31 heavy (non-hydrogen) atoms. The summed E-state index contributed by atoms with van der Waals surface area (Å²) in [6, 6.07) is 19.4. The molecular formula is C26H29N3O2. The number of nitrogens with zero attached hydrogens (tertiary/aromatic N) is 2. The molecule has 1 aliphatic rings. The Labute approximate surface area is 183 Å². The third-order valence-electron chi connectivity index (χ3n) is 5.98. The smallest absolute Gasteiger partial charge is 0.251 e. The van der Waals surface area contributed by atoms with E-state index < -0.39 is 0 Å². The van der Waals surface area contributed by atoms with Crippen LogP contribution in [0.4, 0.5) is 0 Å². The summed E-state index contributed by atoms with van der Waals surface area (Å²) in [6.07, 6.45) is 2.36. The molecule has 2 aromatic carbocycles. The van der Waals surface area contributed by atoms with E-state index in [0.29, 0.717) is 18.7 Å². The van der Waals surface area contributed by atoms with Crippen molar-refractivity contribution in [1.29, 1.82) is 0 Å². The highest BCUT2D eigenvalue weighted by Crippen LogP contribution is 2.22. The third-order valence-corrected chi connectivity index (χ3v) is 5.98. The number of hydrogen-bond acceptors (Lipinski definition) is 3. The zero-order valence-corrected chi connectivity index (χ0v) is 18.2. The van der Waals surface area contributed by atoms with Crippen molar-refractivity contribution in [2.75, 3.05) is 19.6 Å². The van der Waals surface area contributed by atoms with Gasteiger partial charge in [0, 0.05) is 34.7 Å². The van der Waals surface area contributed by atoms with E-state index in [1.165, 1.54) is 12.8 Å². The number of rotatable bonds is 7. The van der Waals surface area contributed by atoms with Crippen molar-refractivity contribution in [2.45, 2.75) is 33.2 Å². The first-order chi connectivity index (χ1) is 15.0. The van der Waals surface area contributed by atoms with Gasteiger partial charge in [-0.2, -0.15) is 0 Å². The van der Waals surface area contributed by atoms with Gasteiger partial charge in [0.15, 0.2) is 5.78 Å². The lowest BCUT2D eigenvalue weighted by atomic mass is 10.1. The largest absolute Gasteiger partial charge is 0.348 e. The van der Waals surface area contributed by atoms with Crippen molar-refractivity contribution >= 4 is 11.7 Å². The molecule has 5 nitrogen and oxygen atoms in total. The maximum atomic E-state index is 12.8. The lowest BCUT2D eigenvalue weighted by Gasteiger charge is -2.14. The van der Waals surface area contributed by atoms with Gasteiger partial charge in [-0.1, -0.05) is 30.3 Å². The normalized spacial score (nSPS) is 14.0. The van der Waals surface area contributed by atoms with Crippen LogP contribution < -0.4 is 5.32 Å². The molecule has 1 amide bonds. The molecule has 0 spiro atoms. The van der Waals surface area contributed by atoms with Gasteiger partial charge < -0.3 is 9.88 Å². The van der Waals surface area contributed by atoms with E-state index in [4.69, 9.17) is 0 Å². The standard InChI is InChI=1S/C26H29N3O2/c1-19-16-24(25(30)18-28-14-6-7-15-28)20(2)29(19)23-12-10-22(11-13-23)26(31)27-17-21-8-4-3-5-9-21/h3-5,8-13,16H,6-7,14-15,17-18H2,1-2H3,(H,27,31). The summed E-state index contributed by atoms with van der Waals surface area (Å²) < 4.78 is 2.09. The predicted molar refractivity (Wildman–Crippen MR) is 123 cm³/mol. The molecule has 0 aliphatic carbocycles. The van der Waals surface area contributed by atoms with E-state index in [1.54, 1.807) is 0 Å². The zero-order chi connectivity index (χ0) is 21.8. The summed E-state index contributed by atoms with van der Waals surface area (Å²) in [4.78, 5) is 27.6. The highest BCUT2D eigenvalue weighted by atomic mass is 16.1. The minimum atomic E-state index is -0.0992. The minimum absolute atomic E-state index is 0.0992. The second-order valence-corrected chi connectivity index (χ2v) is 8.24. The topological polar surface area (TPSA) is 54.3 Å². The second-order valence-electron chi connectivity index (χ2n) is 8.24. The highest BCUT2D eigenvalue weighted by Gasteiger charge is 2.21. The van der Waals surface area contributed by atoms with E-state index in [0.717, 1.165) is 41.3 Å². The van der Waals surface area contributed by atoms with E-state index in [2.05, 4.69) is 14.8 Å². The minimum Gasteiger partial charge on any atom is -0.348 e. The van der Waals surface area contributed by atoms with Crippen LogP contribution in [-0.4, -0.2) is 40.8 Å². The number of hydrogen-bond donors (Lipinski definition) is 1. The van der Waals surface area contributed by atoms with Crippen LogP contribution in [-0.2, 0) is 6.54 Å². The average Bonchev–Trinajstić information content (AvgIpc) is 3.40. The Morgan fingerprint density at radius 2 is 1.61 bits per heavy atom. The van der Waals surface area contributed by atoms with Crippen LogP contribution in [0.25, 0.3) is 5.69 Å². The number of carbonyl (C=O) groups excluding carboxylic acids is 2. The van der Waals surface area contributed by atoms with Gasteiger partial charge in [-0.25, -0.2) is 0 Å². The number of aromatic nitrogens is 1. The quantitative estimate of drug-likeness (QED) is 0.585. The summed E-state index contributed by atoms with van der Waals surface area (Å²) >= 11 is 0. The molecule has 0 bridgehead atoms. The Balaban J connectivity index is 1.46. The fourth-order valence-corrected chi connectivity index (χ4v) is 4.31. The van der Waals surface area contributed by atoms with Gasteiger partial charge in [0.25, 0.3) is 5.91 Å². The van der Waals surface area contributed by atoms with E-state index >= 15 is 0 Å². The lowest BCUT2D eigenvalue weighted by Crippen LogP contribution is -2.27. The molecule has 0 atom stereocenters. The molecule has 160 valence electrons. The molecular weight excluding hydrogens is 386 g/mol. The maximum Gasteiger partial charge on any atom is 0.251 e. The van der Waals surface area contributed by atoms with Crippen LogP contribution in [0.2, 0.25) is 0 Å². The van der Waals surface area contributed by atoms with E-state index in [-0.39, 0.29) is 11.7 Å². The molecule has 1 aromatic heterocycles. The number of amides is 1. The van der Waals surface area contributed by atoms with Crippen molar-refractivity contribution < 1.29 is 9.59 Å². The fourth-order valence-electron chi connectivity index (χ4n) is 4.31. The van der Waals surface area contributed by atoms with Crippen LogP contribution in [0.1, 0.15) is 50.5 Å². The number of benzene rings is 2. The predicted octanol–water partition coefficient (Wildman–Crippen LogP) is 4.30. The molecule has 1 aliphatic heterocycles. The molecule has 0 saturated carbocycles. The first-order valence-corrected chi connectivity index (χ1v) is 10.9. The number of likely N-dealkylation sites (tertiary alicyclic amines) is 1. The Morgan fingerprint density at radius 1 is 0.935 bits per heavy atom. The fraction of sp³-hybridized carbons (Fsp3) is 0.308. The van der Waals surface area contributed by atoms with Crippen LogP contribution in [0.5, 0.6) is 0 Å². The van der Waals surface area contributed by atoms with Gasteiger partial charge in [0.05, 0.1) is 6.54 Å². The van der Waals surface area contributed by atoms with Gasteiger partial charge >= 0.3 is 0 Å². The summed E-state index contributed by atoms with van der Waals surface area (Å²) in [6.45, 7) is 7.02. The van der Waals surface area contributed by atoms with Gasteiger partial charge in [-0.15, -0.1) is 0 Å². The van der Waals surface area contributed by atoms with Crippen molar-refractivity contribution in [1.82, 2.24) is 14.8 Å². The highest BCUT2D eigenvalue weighted by molar-refractivity contribution is 5.99. The second kappa shape index (κ2) is 9.31.